The Morgan fingerprint density at radius 3 is 2.76 bits per heavy atom. The SMILES string of the molecule is CCC(C)N(CCOC)C(=O)N1CC(=O)NCC1C(=O)O. The molecular weight excluding hydrogens is 278 g/mol. The van der Waals surface area contributed by atoms with Gasteiger partial charge in [-0.05, 0) is 13.3 Å². The summed E-state index contributed by atoms with van der Waals surface area (Å²) in [6, 6.07) is -1.54. The molecule has 21 heavy (non-hydrogen) atoms. The third-order valence-corrected chi connectivity index (χ3v) is 3.62. The van der Waals surface area contributed by atoms with Gasteiger partial charge in [0.05, 0.1) is 6.61 Å². The van der Waals surface area contributed by atoms with Crippen molar-refractivity contribution in [3.05, 3.63) is 0 Å². The molecule has 1 saturated heterocycles. The molecule has 8 nitrogen and oxygen atoms in total. The Morgan fingerprint density at radius 1 is 1.57 bits per heavy atom. The van der Waals surface area contributed by atoms with E-state index >= 15 is 0 Å². The number of piperazine rings is 1. The van der Waals surface area contributed by atoms with Crippen molar-refractivity contribution >= 4 is 17.9 Å². The number of carboxylic acid groups (broad SMARTS) is 1. The Labute approximate surface area is 124 Å². The van der Waals surface area contributed by atoms with Gasteiger partial charge in [0.2, 0.25) is 5.91 Å². The van der Waals surface area contributed by atoms with Crippen LogP contribution >= 0.6 is 0 Å². The van der Waals surface area contributed by atoms with Gasteiger partial charge in [-0.15, -0.1) is 0 Å². The van der Waals surface area contributed by atoms with Crippen LogP contribution in [-0.4, -0.2) is 78.2 Å². The molecule has 0 aromatic heterocycles. The van der Waals surface area contributed by atoms with Crippen LogP contribution in [0, 0.1) is 0 Å². The molecule has 1 rings (SSSR count). The summed E-state index contributed by atoms with van der Waals surface area (Å²) >= 11 is 0. The molecule has 0 spiro atoms. The quantitative estimate of drug-likeness (QED) is 0.704. The average molecular weight is 301 g/mol. The van der Waals surface area contributed by atoms with E-state index in [1.807, 2.05) is 13.8 Å². The summed E-state index contributed by atoms with van der Waals surface area (Å²) in [6.07, 6.45) is 0.729. The molecule has 0 radical (unpaired) electrons. The Bertz CT molecular complexity index is 401. The molecule has 0 aromatic rings. The molecule has 0 saturated carbocycles. The molecular formula is C13H23N3O5. The highest BCUT2D eigenvalue weighted by Gasteiger charge is 2.38. The molecule has 2 unspecified atom stereocenters. The number of carbonyl (C=O) groups is 3. The van der Waals surface area contributed by atoms with Gasteiger partial charge < -0.3 is 20.1 Å². The molecule has 1 heterocycles. The number of hydrogen-bond acceptors (Lipinski definition) is 4. The monoisotopic (exact) mass is 301 g/mol. The van der Waals surface area contributed by atoms with Crippen LogP contribution in [0.15, 0.2) is 0 Å². The van der Waals surface area contributed by atoms with Crippen molar-refractivity contribution in [2.75, 3.05) is 33.4 Å². The van der Waals surface area contributed by atoms with Gasteiger partial charge in [-0.3, -0.25) is 9.69 Å². The van der Waals surface area contributed by atoms with E-state index in [1.165, 1.54) is 7.11 Å². The van der Waals surface area contributed by atoms with E-state index in [1.54, 1.807) is 4.90 Å². The van der Waals surface area contributed by atoms with Crippen LogP contribution in [0.2, 0.25) is 0 Å². The number of methoxy groups -OCH3 is 1. The fraction of sp³-hybridized carbons (Fsp3) is 0.769. The number of rotatable bonds is 6. The molecule has 120 valence electrons. The smallest absolute Gasteiger partial charge is 0.328 e. The zero-order valence-corrected chi connectivity index (χ0v) is 12.7. The largest absolute Gasteiger partial charge is 0.480 e. The number of hydrogen-bond donors (Lipinski definition) is 2. The highest BCUT2D eigenvalue weighted by Crippen LogP contribution is 2.13. The second-order valence-electron chi connectivity index (χ2n) is 5.01. The summed E-state index contributed by atoms with van der Waals surface area (Å²) < 4.78 is 4.99. The number of carboxylic acids is 1. The van der Waals surface area contributed by atoms with E-state index in [0.29, 0.717) is 13.2 Å². The fourth-order valence-electron chi connectivity index (χ4n) is 2.14. The molecule has 0 bridgehead atoms. The van der Waals surface area contributed by atoms with Crippen LogP contribution < -0.4 is 5.32 Å². The zero-order valence-electron chi connectivity index (χ0n) is 12.7. The summed E-state index contributed by atoms with van der Waals surface area (Å²) in [7, 11) is 1.54. The number of nitrogens with zero attached hydrogens (tertiary/aromatic N) is 2. The summed E-state index contributed by atoms with van der Waals surface area (Å²) in [6.45, 7) is 4.22. The highest BCUT2D eigenvalue weighted by molar-refractivity contribution is 5.90. The van der Waals surface area contributed by atoms with Crippen LogP contribution in [-0.2, 0) is 14.3 Å². The summed E-state index contributed by atoms with van der Waals surface area (Å²) in [5.41, 5.74) is 0. The standard InChI is InChI=1S/C13H23N3O5/c1-4-9(2)15(5-6-21-3)13(20)16-8-11(17)14-7-10(16)12(18)19/h9-10H,4-8H2,1-3H3,(H,14,17)(H,18,19). The van der Waals surface area contributed by atoms with E-state index in [-0.39, 0.29) is 25.0 Å². The normalized spacial score (nSPS) is 19.9. The maximum atomic E-state index is 12.6. The van der Waals surface area contributed by atoms with Gasteiger partial charge >= 0.3 is 12.0 Å². The Kier molecular flexibility index (Phi) is 6.41. The first-order chi connectivity index (χ1) is 9.92. The van der Waals surface area contributed by atoms with E-state index in [9.17, 15) is 19.5 Å². The lowest BCUT2D eigenvalue weighted by Gasteiger charge is -2.38. The predicted molar refractivity (Wildman–Crippen MR) is 74.9 cm³/mol. The summed E-state index contributed by atoms with van der Waals surface area (Å²) in [4.78, 5) is 38.0. The first kappa shape index (κ1) is 17.2. The number of ether oxygens (including phenoxy) is 1. The average Bonchev–Trinajstić information content (AvgIpc) is 2.46. The first-order valence-electron chi connectivity index (χ1n) is 6.98. The Morgan fingerprint density at radius 2 is 2.24 bits per heavy atom. The second-order valence-corrected chi connectivity index (χ2v) is 5.01. The Balaban J connectivity index is 2.91. The number of carbonyl (C=O) groups excluding carboxylic acids is 2. The lowest BCUT2D eigenvalue weighted by Crippen LogP contribution is -2.62. The van der Waals surface area contributed by atoms with Gasteiger partial charge in [0.1, 0.15) is 12.6 Å². The molecule has 2 N–H and O–H groups in total. The van der Waals surface area contributed by atoms with Crippen molar-refractivity contribution in [3.8, 4) is 0 Å². The van der Waals surface area contributed by atoms with Crippen molar-refractivity contribution in [2.45, 2.75) is 32.4 Å². The number of urea groups is 1. The summed E-state index contributed by atoms with van der Waals surface area (Å²) in [5.74, 6) is -1.48. The lowest BCUT2D eigenvalue weighted by molar-refractivity contribution is -0.144. The van der Waals surface area contributed by atoms with Gasteiger partial charge in [0.15, 0.2) is 0 Å². The fourth-order valence-corrected chi connectivity index (χ4v) is 2.14. The predicted octanol–water partition coefficient (Wildman–Crippen LogP) is -0.262. The third-order valence-electron chi connectivity index (χ3n) is 3.62. The molecule has 8 heteroatoms. The number of amides is 3. The minimum absolute atomic E-state index is 0.0629. The molecule has 1 fully saturated rings. The van der Waals surface area contributed by atoms with Crippen LogP contribution in [0.1, 0.15) is 20.3 Å². The third kappa shape index (κ3) is 4.32. The number of nitrogens with one attached hydrogen (secondary N) is 1. The molecule has 2 atom stereocenters. The van der Waals surface area contributed by atoms with Crippen molar-refractivity contribution in [2.24, 2.45) is 0 Å². The molecule has 0 aromatic carbocycles. The van der Waals surface area contributed by atoms with E-state index < -0.39 is 18.0 Å². The van der Waals surface area contributed by atoms with Gasteiger partial charge in [-0.2, -0.15) is 0 Å². The summed E-state index contributed by atoms with van der Waals surface area (Å²) in [5, 5.41) is 11.7. The van der Waals surface area contributed by atoms with Gasteiger partial charge in [0, 0.05) is 26.2 Å². The Hall–Kier alpha value is -1.83. The van der Waals surface area contributed by atoms with Gasteiger partial charge in [0.25, 0.3) is 0 Å². The first-order valence-corrected chi connectivity index (χ1v) is 6.98. The van der Waals surface area contributed by atoms with Crippen molar-refractivity contribution in [3.63, 3.8) is 0 Å². The van der Waals surface area contributed by atoms with Crippen LogP contribution in [0.4, 0.5) is 4.79 Å². The van der Waals surface area contributed by atoms with Gasteiger partial charge in [-0.25, -0.2) is 9.59 Å². The van der Waals surface area contributed by atoms with Crippen molar-refractivity contribution in [1.82, 2.24) is 15.1 Å². The maximum Gasteiger partial charge on any atom is 0.328 e. The maximum absolute atomic E-state index is 12.6. The second kappa shape index (κ2) is 7.82. The van der Waals surface area contributed by atoms with Crippen LogP contribution in [0.3, 0.4) is 0 Å². The minimum Gasteiger partial charge on any atom is -0.480 e. The minimum atomic E-state index is -1.13. The van der Waals surface area contributed by atoms with Crippen molar-refractivity contribution < 1.29 is 24.2 Å². The van der Waals surface area contributed by atoms with E-state index in [2.05, 4.69) is 5.32 Å². The number of aliphatic carboxylic acids is 1. The molecule has 1 aliphatic heterocycles. The van der Waals surface area contributed by atoms with Crippen LogP contribution in [0.5, 0.6) is 0 Å². The lowest BCUT2D eigenvalue weighted by atomic mass is 10.1. The molecule has 1 aliphatic rings. The molecule has 0 aliphatic carbocycles. The van der Waals surface area contributed by atoms with Crippen molar-refractivity contribution in [1.29, 1.82) is 0 Å². The van der Waals surface area contributed by atoms with Crippen LogP contribution in [0.25, 0.3) is 0 Å². The van der Waals surface area contributed by atoms with E-state index in [0.717, 1.165) is 11.3 Å². The highest BCUT2D eigenvalue weighted by atomic mass is 16.5. The van der Waals surface area contributed by atoms with E-state index in [4.69, 9.17) is 4.74 Å². The topological polar surface area (TPSA) is 99.2 Å². The van der Waals surface area contributed by atoms with Gasteiger partial charge in [-0.1, -0.05) is 6.92 Å². The molecule has 3 amide bonds. The zero-order chi connectivity index (χ0) is 16.0.